The summed E-state index contributed by atoms with van der Waals surface area (Å²) in [4.78, 5) is 6.79. The average molecular weight is 334 g/mol. The quantitative estimate of drug-likeness (QED) is 0.768. The molecule has 5 nitrogen and oxygen atoms in total. The Morgan fingerprint density at radius 3 is 2.70 bits per heavy atom. The first-order valence-electron chi connectivity index (χ1n) is 6.98. The minimum absolute atomic E-state index is 0.184. The van der Waals surface area contributed by atoms with E-state index in [0.717, 1.165) is 0 Å². The first-order chi connectivity index (χ1) is 10.9. The van der Waals surface area contributed by atoms with Crippen LogP contribution in [0.1, 0.15) is 17.2 Å². The summed E-state index contributed by atoms with van der Waals surface area (Å²) in [6.07, 6.45) is -1.26. The zero-order valence-electron chi connectivity index (χ0n) is 12.3. The van der Waals surface area contributed by atoms with E-state index >= 15 is 0 Å². The van der Waals surface area contributed by atoms with Gasteiger partial charge in [-0.2, -0.15) is 0 Å². The van der Waals surface area contributed by atoms with Crippen LogP contribution in [-0.2, 0) is 9.84 Å². The van der Waals surface area contributed by atoms with Crippen molar-refractivity contribution in [2.24, 2.45) is 0 Å². The summed E-state index contributed by atoms with van der Waals surface area (Å²) in [5.41, 5.74) is 1.85. The van der Waals surface area contributed by atoms with Crippen LogP contribution < -0.4 is 0 Å². The number of fused-ring (bicyclic) bond motifs is 1. The molecule has 0 saturated heterocycles. The number of imidazole rings is 1. The number of nitrogens with zero attached hydrogens (tertiary/aromatic N) is 1. The minimum atomic E-state index is -3.80. The number of hydrogen-bond acceptors (Lipinski definition) is 4. The molecule has 0 amide bonds. The highest BCUT2D eigenvalue weighted by Gasteiger charge is 2.24. The second-order valence-corrected chi connectivity index (χ2v) is 7.31. The lowest BCUT2D eigenvalue weighted by molar-refractivity contribution is 0.201. The highest BCUT2D eigenvalue weighted by atomic mass is 32.2. The molecule has 2 N–H and O–H groups in total. The molecule has 1 atom stereocenters. The molecule has 23 heavy (non-hydrogen) atoms. The lowest BCUT2D eigenvalue weighted by Gasteiger charge is -2.11. The normalized spacial score (nSPS) is 13.3. The first-order valence-corrected chi connectivity index (χ1v) is 8.64. The van der Waals surface area contributed by atoms with Crippen LogP contribution in [0, 0.1) is 12.7 Å². The van der Waals surface area contributed by atoms with Crippen molar-refractivity contribution in [3.63, 3.8) is 0 Å². The van der Waals surface area contributed by atoms with E-state index in [9.17, 15) is 17.9 Å². The van der Waals surface area contributed by atoms with Crippen molar-refractivity contribution in [3.8, 4) is 0 Å². The number of halogens is 1. The number of para-hydroxylation sites is 2. The molecule has 0 spiro atoms. The third kappa shape index (κ3) is 3.11. The van der Waals surface area contributed by atoms with Gasteiger partial charge < -0.3 is 10.1 Å². The van der Waals surface area contributed by atoms with E-state index in [4.69, 9.17) is 0 Å². The Morgan fingerprint density at radius 1 is 1.26 bits per heavy atom. The SMILES string of the molecule is Cc1cc(C(O)CS(=O)(=O)c2nc3ccccc3[nH]2)ccc1F. The van der Waals surface area contributed by atoms with Crippen molar-refractivity contribution in [2.75, 3.05) is 5.75 Å². The fourth-order valence-electron chi connectivity index (χ4n) is 2.33. The van der Waals surface area contributed by atoms with Crippen molar-refractivity contribution in [2.45, 2.75) is 18.2 Å². The zero-order chi connectivity index (χ0) is 16.6. The molecule has 3 rings (SSSR count). The smallest absolute Gasteiger partial charge is 0.226 e. The molecule has 2 aromatic carbocycles. The molecule has 120 valence electrons. The van der Waals surface area contributed by atoms with Gasteiger partial charge in [-0.1, -0.05) is 24.3 Å². The minimum Gasteiger partial charge on any atom is -0.387 e. The van der Waals surface area contributed by atoms with Gasteiger partial charge in [0.05, 0.1) is 22.9 Å². The molecule has 0 aliphatic carbocycles. The molecule has 0 bridgehead atoms. The second-order valence-electron chi connectivity index (χ2n) is 5.36. The lowest BCUT2D eigenvalue weighted by Crippen LogP contribution is -2.16. The number of benzene rings is 2. The maximum Gasteiger partial charge on any atom is 0.226 e. The number of sulfone groups is 1. The number of hydrogen-bond donors (Lipinski definition) is 2. The van der Waals surface area contributed by atoms with Gasteiger partial charge in [0.2, 0.25) is 15.0 Å². The third-order valence-electron chi connectivity index (χ3n) is 3.61. The number of aromatic amines is 1. The van der Waals surface area contributed by atoms with Crippen LogP contribution in [0.15, 0.2) is 47.6 Å². The van der Waals surface area contributed by atoms with Crippen molar-refractivity contribution in [1.82, 2.24) is 9.97 Å². The Kier molecular flexibility index (Phi) is 3.91. The topological polar surface area (TPSA) is 83.0 Å². The largest absolute Gasteiger partial charge is 0.387 e. The highest BCUT2D eigenvalue weighted by Crippen LogP contribution is 2.22. The molecule has 0 radical (unpaired) electrons. The number of nitrogens with one attached hydrogen (secondary N) is 1. The first kappa shape index (κ1) is 15.6. The molecule has 1 heterocycles. The van der Waals surface area contributed by atoms with Crippen LogP contribution in [0.4, 0.5) is 4.39 Å². The van der Waals surface area contributed by atoms with E-state index in [1.54, 1.807) is 31.2 Å². The van der Waals surface area contributed by atoms with Gasteiger partial charge in [-0.25, -0.2) is 17.8 Å². The van der Waals surface area contributed by atoms with Crippen molar-refractivity contribution in [3.05, 3.63) is 59.4 Å². The van der Waals surface area contributed by atoms with Gasteiger partial charge in [0.1, 0.15) is 5.82 Å². The summed E-state index contributed by atoms with van der Waals surface area (Å²) in [6, 6.07) is 11.0. The van der Waals surface area contributed by atoms with E-state index < -0.39 is 27.5 Å². The van der Waals surface area contributed by atoms with E-state index in [2.05, 4.69) is 9.97 Å². The van der Waals surface area contributed by atoms with Crippen molar-refractivity contribution in [1.29, 1.82) is 0 Å². The Hall–Kier alpha value is -2.25. The molecule has 1 unspecified atom stereocenters. The van der Waals surface area contributed by atoms with E-state index in [1.807, 2.05) is 0 Å². The number of aryl methyl sites for hydroxylation is 1. The maximum absolute atomic E-state index is 13.3. The van der Waals surface area contributed by atoms with Gasteiger partial charge >= 0.3 is 0 Å². The molecule has 3 aromatic rings. The van der Waals surface area contributed by atoms with Crippen LogP contribution in [0.25, 0.3) is 11.0 Å². The van der Waals surface area contributed by atoms with E-state index in [1.165, 1.54) is 18.2 Å². The fourth-order valence-corrected chi connectivity index (χ4v) is 3.60. The molecule has 0 fully saturated rings. The molecular weight excluding hydrogens is 319 g/mol. The summed E-state index contributed by atoms with van der Waals surface area (Å²) in [5.74, 6) is -0.932. The van der Waals surface area contributed by atoms with Crippen LogP contribution >= 0.6 is 0 Å². The van der Waals surface area contributed by atoms with Crippen LogP contribution in [0.2, 0.25) is 0 Å². The Balaban J connectivity index is 1.89. The lowest BCUT2D eigenvalue weighted by atomic mass is 10.1. The van der Waals surface area contributed by atoms with Gasteiger partial charge in [0, 0.05) is 0 Å². The van der Waals surface area contributed by atoms with E-state index in [-0.39, 0.29) is 5.16 Å². The Morgan fingerprint density at radius 2 is 2.00 bits per heavy atom. The summed E-state index contributed by atoms with van der Waals surface area (Å²) in [6.45, 7) is 1.55. The second kappa shape index (κ2) is 5.75. The molecule has 0 aliphatic heterocycles. The van der Waals surface area contributed by atoms with Crippen LogP contribution in [-0.4, -0.2) is 29.2 Å². The molecule has 0 aliphatic rings. The molecule has 7 heteroatoms. The number of rotatable bonds is 4. The number of aliphatic hydroxyl groups is 1. The number of aliphatic hydroxyl groups excluding tert-OH is 1. The van der Waals surface area contributed by atoms with Gasteiger partial charge in [-0.05, 0) is 36.2 Å². The van der Waals surface area contributed by atoms with Crippen LogP contribution in [0.3, 0.4) is 0 Å². The predicted molar refractivity (Wildman–Crippen MR) is 84.2 cm³/mol. The maximum atomic E-state index is 13.3. The average Bonchev–Trinajstić information content (AvgIpc) is 2.94. The zero-order valence-corrected chi connectivity index (χ0v) is 13.1. The number of H-pyrrole nitrogens is 1. The fraction of sp³-hybridized carbons (Fsp3) is 0.188. The highest BCUT2D eigenvalue weighted by molar-refractivity contribution is 7.91. The summed E-state index contributed by atoms with van der Waals surface area (Å²) in [5, 5.41) is 9.98. The molecular formula is C16H15FN2O3S. The summed E-state index contributed by atoms with van der Waals surface area (Å²) < 4.78 is 38.1. The van der Waals surface area contributed by atoms with E-state index in [0.29, 0.717) is 22.2 Å². The van der Waals surface area contributed by atoms with Crippen molar-refractivity contribution < 1.29 is 17.9 Å². The van der Waals surface area contributed by atoms with Gasteiger partial charge in [0.15, 0.2) is 0 Å². The summed E-state index contributed by atoms with van der Waals surface area (Å²) >= 11 is 0. The molecule has 1 aromatic heterocycles. The van der Waals surface area contributed by atoms with Gasteiger partial charge in [-0.15, -0.1) is 0 Å². The standard InChI is InChI=1S/C16H15FN2O3S/c1-10-8-11(6-7-12(10)17)15(20)9-23(21,22)16-18-13-4-2-3-5-14(13)19-16/h2-8,15,20H,9H2,1H3,(H,18,19). The van der Waals surface area contributed by atoms with Gasteiger partial charge in [-0.3, -0.25) is 0 Å². The molecule has 0 saturated carbocycles. The Labute approximate surface area is 132 Å². The Bertz CT molecular complexity index is 933. The van der Waals surface area contributed by atoms with Crippen LogP contribution in [0.5, 0.6) is 0 Å². The monoisotopic (exact) mass is 334 g/mol. The van der Waals surface area contributed by atoms with Gasteiger partial charge in [0.25, 0.3) is 0 Å². The predicted octanol–water partition coefficient (Wildman–Crippen LogP) is 2.52. The number of aromatic nitrogens is 2. The van der Waals surface area contributed by atoms with Crippen molar-refractivity contribution >= 4 is 20.9 Å². The third-order valence-corrected chi connectivity index (χ3v) is 5.14. The summed E-state index contributed by atoms with van der Waals surface area (Å²) in [7, 11) is -3.80.